The van der Waals surface area contributed by atoms with E-state index < -0.39 is 0 Å². The van der Waals surface area contributed by atoms with Crippen molar-refractivity contribution in [3.05, 3.63) is 77.6 Å². The number of aryl methyl sites for hydroxylation is 3. The Balaban J connectivity index is 1.37. The molecule has 0 saturated carbocycles. The van der Waals surface area contributed by atoms with Crippen LogP contribution in [-0.2, 0) is 20.0 Å². The van der Waals surface area contributed by atoms with Gasteiger partial charge < -0.3 is 5.32 Å². The van der Waals surface area contributed by atoms with Gasteiger partial charge in [-0.25, -0.2) is 14.6 Å². The highest BCUT2D eigenvalue weighted by Gasteiger charge is 2.09. The van der Waals surface area contributed by atoms with Gasteiger partial charge in [0.1, 0.15) is 11.3 Å². The third-order valence-corrected chi connectivity index (χ3v) is 5.26. The maximum atomic E-state index is 6.08. The number of aromatic nitrogens is 7. The molecule has 5 rings (SSSR count). The van der Waals surface area contributed by atoms with Gasteiger partial charge in [-0.05, 0) is 42.3 Å². The molecule has 2 aromatic carbocycles. The molecule has 3 heterocycles. The molecular weight excluding hydrogens is 412 g/mol. The first-order chi connectivity index (χ1) is 15.2. The van der Waals surface area contributed by atoms with Crippen molar-refractivity contribution < 1.29 is 0 Å². The molecule has 31 heavy (non-hydrogen) atoms. The highest BCUT2D eigenvalue weighted by Crippen LogP contribution is 2.23. The predicted octanol–water partition coefficient (Wildman–Crippen LogP) is 4.26. The summed E-state index contributed by atoms with van der Waals surface area (Å²) in [6.07, 6.45) is 4.28. The van der Waals surface area contributed by atoms with E-state index in [9.17, 15) is 0 Å². The van der Waals surface area contributed by atoms with Gasteiger partial charge in [-0.2, -0.15) is 5.10 Å². The van der Waals surface area contributed by atoms with Crippen LogP contribution >= 0.6 is 11.6 Å². The minimum Gasteiger partial charge on any atom is -0.309 e. The molecule has 5 aromatic rings. The zero-order chi connectivity index (χ0) is 21.2. The van der Waals surface area contributed by atoms with Gasteiger partial charge in [0.25, 0.3) is 0 Å². The highest BCUT2D eigenvalue weighted by molar-refractivity contribution is 6.30. The summed E-state index contributed by atoms with van der Waals surface area (Å²) in [4.78, 5) is 8.93. The van der Waals surface area contributed by atoms with Crippen molar-refractivity contribution in [2.24, 2.45) is 7.05 Å². The van der Waals surface area contributed by atoms with Crippen LogP contribution in [-0.4, -0.2) is 34.7 Å². The van der Waals surface area contributed by atoms with Gasteiger partial charge in [0, 0.05) is 36.4 Å². The molecule has 0 aliphatic heterocycles. The van der Waals surface area contributed by atoms with Crippen LogP contribution in [0.4, 0.5) is 11.8 Å². The maximum Gasteiger partial charge on any atom is 0.228 e. The lowest BCUT2D eigenvalue weighted by atomic mass is 10.1. The Labute approximate surface area is 183 Å². The molecular formula is C22H19ClN8. The van der Waals surface area contributed by atoms with E-state index in [1.54, 1.807) is 17.1 Å². The van der Waals surface area contributed by atoms with E-state index in [1.807, 2.05) is 60.3 Å². The van der Waals surface area contributed by atoms with Crippen molar-refractivity contribution in [2.75, 3.05) is 5.32 Å². The van der Waals surface area contributed by atoms with Crippen LogP contribution < -0.4 is 5.32 Å². The van der Waals surface area contributed by atoms with Gasteiger partial charge in [-0.1, -0.05) is 35.0 Å². The first-order valence-corrected chi connectivity index (χ1v) is 10.2. The molecule has 1 N–H and O–H groups in total. The molecule has 0 aliphatic rings. The molecule has 154 valence electrons. The molecule has 9 heteroatoms. The summed E-state index contributed by atoms with van der Waals surface area (Å²) in [7, 11) is 1.86. The molecule has 0 saturated heterocycles. The third kappa shape index (κ3) is 4.10. The number of benzene rings is 2. The summed E-state index contributed by atoms with van der Waals surface area (Å²) in [6, 6.07) is 17.7. The van der Waals surface area contributed by atoms with E-state index in [-0.39, 0.29) is 0 Å². The van der Waals surface area contributed by atoms with Crippen molar-refractivity contribution >= 4 is 34.4 Å². The lowest BCUT2D eigenvalue weighted by Gasteiger charge is -2.07. The molecule has 0 amide bonds. The Hall–Kier alpha value is -3.78. The molecule has 0 aliphatic carbocycles. The fraction of sp³-hybridized carbons (Fsp3) is 0.136. The highest BCUT2D eigenvalue weighted by atomic mass is 35.5. The van der Waals surface area contributed by atoms with Gasteiger partial charge in [0.15, 0.2) is 0 Å². The summed E-state index contributed by atoms with van der Waals surface area (Å²) >= 11 is 6.08. The van der Waals surface area contributed by atoms with E-state index in [2.05, 4.69) is 36.8 Å². The lowest BCUT2D eigenvalue weighted by molar-refractivity contribution is 0.607. The van der Waals surface area contributed by atoms with Gasteiger partial charge in [0.2, 0.25) is 5.95 Å². The van der Waals surface area contributed by atoms with Crippen LogP contribution in [0.3, 0.4) is 0 Å². The second kappa shape index (κ2) is 8.16. The van der Waals surface area contributed by atoms with Crippen molar-refractivity contribution in [3.8, 4) is 11.3 Å². The monoisotopic (exact) mass is 430 g/mol. The van der Waals surface area contributed by atoms with Gasteiger partial charge >= 0.3 is 0 Å². The summed E-state index contributed by atoms with van der Waals surface area (Å²) < 4.78 is 3.64. The number of rotatable bonds is 6. The normalized spacial score (nSPS) is 11.2. The van der Waals surface area contributed by atoms with Crippen LogP contribution in [0.15, 0.2) is 67.0 Å². The molecule has 0 unspecified atom stereocenters. The zero-order valence-electron chi connectivity index (χ0n) is 16.8. The standard InChI is InChI=1S/C22H19ClN8/c1-30-21(8-11-25-30)27-22-24-10-7-18(26-22)16-5-6-20-19(14-16)28-29-31(20)12-9-15-3-2-4-17(23)13-15/h2-8,10-11,13-14H,9,12H2,1H3,(H,24,26,27). The Morgan fingerprint density at radius 1 is 1.03 bits per heavy atom. The predicted molar refractivity (Wildman–Crippen MR) is 120 cm³/mol. The number of anilines is 2. The first kappa shape index (κ1) is 19.2. The molecule has 0 fully saturated rings. The van der Waals surface area contributed by atoms with Crippen molar-refractivity contribution in [1.29, 1.82) is 0 Å². The molecule has 3 aromatic heterocycles. The second-order valence-corrected chi connectivity index (χ2v) is 7.56. The van der Waals surface area contributed by atoms with Crippen LogP contribution in [0.2, 0.25) is 5.02 Å². The van der Waals surface area contributed by atoms with Crippen molar-refractivity contribution in [2.45, 2.75) is 13.0 Å². The van der Waals surface area contributed by atoms with E-state index in [0.29, 0.717) is 5.95 Å². The van der Waals surface area contributed by atoms with E-state index in [0.717, 1.165) is 46.1 Å². The largest absolute Gasteiger partial charge is 0.309 e. The fourth-order valence-electron chi connectivity index (χ4n) is 3.41. The Bertz CT molecular complexity index is 1360. The van der Waals surface area contributed by atoms with E-state index in [4.69, 9.17) is 11.6 Å². The number of hydrogen-bond acceptors (Lipinski definition) is 6. The van der Waals surface area contributed by atoms with E-state index >= 15 is 0 Å². The quantitative estimate of drug-likeness (QED) is 0.433. The maximum absolute atomic E-state index is 6.08. The Kier molecular flexibility index (Phi) is 5.05. The summed E-state index contributed by atoms with van der Waals surface area (Å²) in [5.74, 6) is 1.32. The molecule has 0 atom stereocenters. The molecule has 0 bridgehead atoms. The van der Waals surface area contributed by atoms with Crippen LogP contribution in [0.5, 0.6) is 0 Å². The Morgan fingerprint density at radius 3 is 2.81 bits per heavy atom. The SMILES string of the molecule is Cn1nccc1Nc1nccc(-c2ccc3c(c2)nnn3CCc2cccc(Cl)c2)n1. The summed E-state index contributed by atoms with van der Waals surface area (Å²) in [5.41, 5.74) is 4.72. The average molecular weight is 431 g/mol. The summed E-state index contributed by atoms with van der Waals surface area (Å²) in [5, 5.41) is 16.7. The van der Waals surface area contributed by atoms with Gasteiger partial charge in [0.05, 0.1) is 17.4 Å². The smallest absolute Gasteiger partial charge is 0.228 e. The zero-order valence-corrected chi connectivity index (χ0v) is 17.5. The number of fused-ring (bicyclic) bond motifs is 1. The Morgan fingerprint density at radius 2 is 1.97 bits per heavy atom. The van der Waals surface area contributed by atoms with Crippen LogP contribution in [0.1, 0.15) is 5.56 Å². The lowest BCUT2D eigenvalue weighted by Crippen LogP contribution is -2.03. The van der Waals surface area contributed by atoms with Gasteiger partial charge in [-0.3, -0.25) is 4.68 Å². The number of hydrogen-bond donors (Lipinski definition) is 1. The number of nitrogens with zero attached hydrogens (tertiary/aromatic N) is 7. The topological polar surface area (TPSA) is 86.3 Å². The van der Waals surface area contributed by atoms with E-state index in [1.165, 1.54) is 5.56 Å². The number of halogens is 1. The molecule has 0 radical (unpaired) electrons. The van der Waals surface area contributed by atoms with Crippen LogP contribution in [0.25, 0.3) is 22.3 Å². The minimum atomic E-state index is 0.506. The first-order valence-electron chi connectivity index (χ1n) is 9.82. The third-order valence-electron chi connectivity index (χ3n) is 5.03. The average Bonchev–Trinajstić information content (AvgIpc) is 3.38. The molecule has 8 nitrogen and oxygen atoms in total. The molecule has 0 spiro atoms. The van der Waals surface area contributed by atoms with Crippen molar-refractivity contribution in [3.63, 3.8) is 0 Å². The fourth-order valence-corrected chi connectivity index (χ4v) is 3.63. The summed E-state index contributed by atoms with van der Waals surface area (Å²) in [6.45, 7) is 0.725. The van der Waals surface area contributed by atoms with Crippen LogP contribution in [0, 0.1) is 0 Å². The number of nitrogens with one attached hydrogen (secondary N) is 1. The minimum absolute atomic E-state index is 0.506. The van der Waals surface area contributed by atoms with Crippen molar-refractivity contribution in [1.82, 2.24) is 34.7 Å². The second-order valence-electron chi connectivity index (χ2n) is 7.13. The van der Waals surface area contributed by atoms with Gasteiger partial charge in [-0.15, -0.1) is 5.10 Å².